The topological polar surface area (TPSA) is 74.3 Å². The third-order valence-corrected chi connectivity index (χ3v) is 5.86. The van der Waals surface area contributed by atoms with Crippen molar-refractivity contribution in [2.75, 3.05) is 26.2 Å². The molecule has 0 bridgehead atoms. The predicted molar refractivity (Wildman–Crippen MR) is 136 cm³/mol. The fraction of sp³-hybridized carbons (Fsp3) is 0.172. The molecule has 4 rings (SSSR count). The van der Waals surface area contributed by atoms with Crippen molar-refractivity contribution in [3.8, 4) is 11.5 Å². The number of para-hydroxylation sites is 1. The van der Waals surface area contributed by atoms with Gasteiger partial charge in [0.15, 0.2) is 0 Å². The van der Waals surface area contributed by atoms with Crippen LogP contribution in [0.3, 0.4) is 0 Å². The molecular formula is C29H27NO6. The summed E-state index contributed by atoms with van der Waals surface area (Å²) in [6.45, 7) is 0.330. The summed E-state index contributed by atoms with van der Waals surface area (Å²) in [5.41, 5.74) is 2.91. The first-order chi connectivity index (χ1) is 17.5. The Labute approximate surface area is 210 Å². The minimum atomic E-state index is -0.758. The average molecular weight is 486 g/mol. The van der Waals surface area contributed by atoms with E-state index in [-0.39, 0.29) is 11.1 Å². The standard InChI is InChI=1S/C29H27NO6/c1-33-22-15-13-21(14-16-22)30-17-24(28(31)34-2)27(25(18-30)29(32)35-3)23-11-7-8-12-26(23)36-19-20-9-5-4-6-10-20/h4-18,27H,19H2,1-3H3. The molecule has 1 aliphatic heterocycles. The van der Waals surface area contributed by atoms with E-state index in [0.717, 1.165) is 11.3 Å². The van der Waals surface area contributed by atoms with Gasteiger partial charge < -0.3 is 23.8 Å². The predicted octanol–water partition coefficient (Wildman–Crippen LogP) is 4.99. The molecule has 3 aromatic carbocycles. The molecule has 0 aliphatic carbocycles. The number of hydrogen-bond donors (Lipinski definition) is 0. The van der Waals surface area contributed by atoms with Crippen LogP contribution < -0.4 is 14.4 Å². The highest BCUT2D eigenvalue weighted by molar-refractivity contribution is 6.00. The Morgan fingerprint density at radius 3 is 1.92 bits per heavy atom. The number of carbonyl (C=O) groups excluding carboxylic acids is 2. The largest absolute Gasteiger partial charge is 0.497 e. The zero-order valence-electron chi connectivity index (χ0n) is 20.3. The maximum Gasteiger partial charge on any atom is 0.336 e. The number of rotatable bonds is 8. The highest BCUT2D eigenvalue weighted by Crippen LogP contribution is 2.42. The summed E-state index contributed by atoms with van der Waals surface area (Å²) >= 11 is 0. The van der Waals surface area contributed by atoms with Crippen molar-refractivity contribution < 1.29 is 28.5 Å². The number of methoxy groups -OCH3 is 3. The first kappa shape index (κ1) is 24.6. The van der Waals surface area contributed by atoms with Crippen LogP contribution in [0.2, 0.25) is 0 Å². The van der Waals surface area contributed by atoms with Gasteiger partial charge in [-0.1, -0.05) is 48.5 Å². The molecule has 1 aliphatic rings. The molecule has 184 valence electrons. The van der Waals surface area contributed by atoms with Gasteiger partial charge in [-0.2, -0.15) is 0 Å². The second-order valence-corrected chi connectivity index (χ2v) is 8.00. The van der Waals surface area contributed by atoms with Gasteiger partial charge in [0.2, 0.25) is 0 Å². The van der Waals surface area contributed by atoms with E-state index >= 15 is 0 Å². The molecule has 7 heteroatoms. The number of benzene rings is 3. The van der Waals surface area contributed by atoms with Gasteiger partial charge in [0.05, 0.1) is 38.4 Å². The van der Waals surface area contributed by atoms with Crippen molar-refractivity contribution in [1.82, 2.24) is 0 Å². The lowest BCUT2D eigenvalue weighted by Gasteiger charge is -2.31. The second-order valence-electron chi connectivity index (χ2n) is 8.00. The summed E-state index contributed by atoms with van der Waals surface area (Å²) in [6, 6.07) is 24.3. The van der Waals surface area contributed by atoms with E-state index < -0.39 is 17.9 Å². The molecule has 7 nitrogen and oxygen atoms in total. The monoisotopic (exact) mass is 485 g/mol. The number of anilines is 1. The molecule has 0 spiro atoms. The highest BCUT2D eigenvalue weighted by Gasteiger charge is 2.37. The summed E-state index contributed by atoms with van der Waals surface area (Å²) in [5, 5.41) is 0. The van der Waals surface area contributed by atoms with Crippen molar-refractivity contribution in [3.63, 3.8) is 0 Å². The minimum Gasteiger partial charge on any atom is -0.497 e. The van der Waals surface area contributed by atoms with E-state index in [0.29, 0.717) is 23.7 Å². The van der Waals surface area contributed by atoms with E-state index in [1.54, 1.807) is 36.5 Å². The molecule has 0 unspecified atom stereocenters. The van der Waals surface area contributed by atoms with Crippen LogP contribution in [0.1, 0.15) is 17.0 Å². The van der Waals surface area contributed by atoms with E-state index in [1.165, 1.54) is 14.2 Å². The van der Waals surface area contributed by atoms with Crippen LogP contribution in [0.5, 0.6) is 11.5 Å². The molecule has 0 amide bonds. The zero-order valence-corrected chi connectivity index (χ0v) is 20.3. The quantitative estimate of drug-likeness (QED) is 0.416. The third kappa shape index (κ3) is 5.25. The van der Waals surface area contributed by atoms with Gasteiger partial charge in [-0.05, 0) is 35.9 Å². The van der Waals surface area contributed by atoms with Crippen molar-refractivity contribution in [1.29, 1.82) is 0 Å². The van der Waals surface area contributed by atoms with E-state index in [4.69, 9.17) is 18.9 Å². The average Bonchev–Trinajstić information content (AvgIpc) is 2.95. The lowest BCUT2D eigenvalue weighted by Crippen LogP contribution is -2.29. The number of carbonyl (C=O) groups is 2. The molecule has 0 aromatic heterocycles. The lowest BCUT2D eigenvalue weighted by molar-refractivity contribution is -0.137. The molecule has 0 N–H and O–H groups in total. The van der Waals surface area contributed by atoms with Crippen LogP contribution in [0.4, 0.5) is 5.69 Å². The summed E-state index contributed by atoms with van der Waals surface area (Å²) < 4.78 is 21.6. The highest BCUT2D eigenvalue weighted by atomic mass is 16.5. The van der Waals surface area contributed by atoms with Gasteiger partial charge in [-0.3, -0.25) is 0 Å². The van der Waals surface area contributed by atoms with Crippen LogP contribution in [-0.2, 0) is 25.7 Å². The summed E-state index contributed by atoms with van der Waals surface area (Å²) in [7, 11) is 4.21. The van der Waals surface area contributed by atoms with E-state index in [9.17, 15) is 9.59 Å². The van der Waals surface area contributed by atoms with Crippen LogP contribution >= 0.6 is 0 Å². The Hall–Kier alpha value is -4.52. The molecule has 0 radical (unpaired) electrons. The molecule has 1 heterocycles. The fourth-order valence-electron chi connectivity index (χ4n) is 4.05. The number of hydrogen-bond acceptors (Lipinski definition) is 7. The van der Waals surface area contributed by atoms with Crippen LogP contribution in [-0.4, -0.2) is 33.3 Å². The number of nitrogens with zero attached hydrogens (tertiary/aromatic N) is 1. The fourth-order valence-corrected chi connectivity index (χ4v) is 4.05. The Bertz CT molecular complexity index is 1250. The minimum absolute atomic E-state index is 0.270. The smallest absolute Gasteiger partial charge is 0.336 e. The first-order valence-corrected chi connectivity index (χ1v) is 11.3. The second kappa shape index (κ2) is 11.3. The van der Waals surface area contributed by atoms with Gasteiger partial charge in [-0.25, -0.2) is 9.59 Å². The Morgan fingerprint density at radius 1 is 0.750 bits per heavy atom. The molecular weight excluding hydrogens is 458 g/mol. The Morgan fingerprint density at radius 2 is 1.33 bits per heavy atom. The number of ether oxygens (including phenoxy) is 4. The van der Waals surface area contributed by atoms with Gasteiger partial charge in [0, 0.05) is 23.7 Å². The maximum atomic E-state index is 13.0. The molecule has 3 aromatic rings. The van der Waals surface area contributed by atoms with Crippen LogP contribution in [0, 0.1) is 0 Å². The van der Waals surface area contributed by atoms with Crippen molar-refractivity contribution >= 4 is 17.6 Å². The van der Waals surface area contributed by atoms with E-state index in [2.05, 4.69) is 0 Å². The van der Waals surface area contributed by atoms with Crippen molar-refractivity contribution in [3.05, 3.63) is 114 Å². The van der Waals surface area contributed by atoms with Crippen molar-refractivity contribution in [2.24, 2.45) is 0 Å². The molecule has 36 heavy (non-hydrogen) atoms. The molecule has 0 fully saturated rings. The van der Waals surface area contributed by atoms with Crippen molar-refractivity contribution in [2.45, 2.75) is 12.5 Å². The van der Waals surface area contributed by atoms with Crippen LogP contribution in [0.25, 0.3) is 0 Å². The summed E-state index contributed by atoms with van der Waals surface area (Å²) in [4.78, 5) is 27.7. The SMILES string of the molecule is COC(=O)C1=CN(c2ccc(OC)cc2)C=C(C(=O)OC)C1c1ccccc1OCc1ccccc1. The first-order valence-electron chi connectivity index (χ1n) is 11.3. The summed E-state index contributed by atoms with van der Waals surface area (Å²) in [6.07, 6.45) is 3.33. The maximum absolute atomic E-state index is 13.0. The molecule has 0 atom stereocenters. The molecule has 0 saturated heterocycles. The summed E-state index contributed by atoms with van der Waals surface area (Å²) in [5.74, 6) is -0.649. The van der Waals surface area contributed by atoms with Gasteiger partial charge in [0.1, 0.15) is 18.1 Å². The Balaban J connectivity index is 1.78. The van der Waals surface area contributed by atoms with Gasteiger partial charge in [-0.15, -0.1) is 0 Å². The third-order valence-electron chi connectivity index (χ3n) is 5.86. The normalized spacial score (nSPS) is 13.4. The lowest BCUT2D eigenvalue weighted by atomic mass is 9.82. The van der Waals surface area contributed by atoms with Gasteiger partial charge >= 0.3 is 11.9 Å². The molecule has 0 saturated carbocycles. The van der Waals surface area contributed by atoms with E-state index in [1.807, 2.05) is 66.7 Å². The van der Waals surface area contributed by atoms with Gasteiger partial charge in [0.25, 0.3) is 0 Å². The Kier molecular flexibility index (Phi) is 7.70. The number of esters is 2. The zero-order chi connectivity index (χ0) is 25.5. The van der Waals surface area contributed by atoms with Crippen LogP contribution in [0.15, 0.2) is 102 Å².